The molecule has 3 N–H and O–H groups in total. The van der Waals surface area contributed by atoms with E-state index in [-0.39, 0.29) is 6.61 Å². The fourth-order valence-electron chi connectivity index (χ4n) is 2.98. The average Bonchev–Trinajstić information content (AvgIpc) is 2.99. The molecule has 0 unspecified atom stereocenters. The van der Waals surface area contributed by atoms with Gasteiger partial charge in [0.05, 0.1) is 32.2 Å². The Hall–Kier alpha value is -2.77. The summed E-state index contributed by atoms with van der Waals surface area (Å²) in [4.78, 5) is 6.83. The highest BCUT2D eigenvalue weighted by Crippen LogP contribution is 2.34. The summed E-state index contributed by atoms with van der Waals surface area (Å²) in [6, 6.07) is 9.48. The summed E-state index contributed by atoms with van der Waals surface area (Å²) in [6.07, 6.45) is 1.87. The third kappa shape index (κ3) is 3.44. The van der Waals surface area contributed by atoms with Crippen LogP contribution in [0.3, 0.4) is 0 Å². The molecule has 26 heavy (non-hydrogen) atoms. The summed E-state index contributed by atoms with van der Waals surface area (Å²) >= 11 is 0. The first-order valence-electron chi connectivity index (χ1n) is 8.35. The van der Waals surface area contributed by atoms with Crippen molar-refractivity contribution in [2.45, 2.75) is 6.54 Å². The minimum atomic E-state index is 0.0983. The molecule has 0 fully saturated rings. The predicted octanol–water partition coefficient (Wildman–Crippen LogP) is 2.02. The maximum Gasteiger partial charge on any atom is 0.161 e. The van der Waals surface area contributed by atoms with Gasteiger partial charge in [-0.05, 0) is 37.4 Å². The van der Waals surface area contributed by atoms with Gasteiger partial charge < -0.3 is 24.7 Å². The van der Waals surface area contributed by atoms with Crippen LogP contribution in [-0.4, -0.2) is 53.8 Å². The lowest BCUT2D eigenvalue weighted by Gasteiger charge is -2.16. The number of hydrogen-bond acceptors (Lipinski definition) is 6. The number of hydrogen-bond donors (Lipinski definition) is 2. The van der Waals surface area contributed by atoms with Crippen molar-refractivity contribution in [3.05, 3.63) is 42.2 Å². The van der Waals surface area contributed by atoms with Crippen molar-refractivity contribution in [1.82, 2.24) is 14.3 Å². The van der Waals surface area contributed by atoms with Gasteiger partial charge in [0.1, 0.15) is 5.65 Å². The van der Waals surface area contributed by atoms with Crippen LogP contribution >= 0.6 is 0 Å². The summed E-state index contributed by atoms with van der Waals surface area (Å²) in [5, 5.41) is 9.22. The van der Waals surface area contributed by atoms with Crippen LogP contribution < -0.4 is 15.2 Å². The first kappa shape index (κ1) is 18.0. The molecular formula is C19H24N4O3. The number of benzene rings is 1. The Bertz CT molecular complexity index is 907. The van der Waals surface area contributed by atoms with Crippen LogP contribution in [-0.2, 0) is 6.54 Å². The number of methoxy groups -OCH3 is 2. The number of pyridine rings is 1. The van der Waals surface area contributed by atoms with E-state index in [1.54, 1.807) is 14.2 Å². The first-order valence-corrected chi connectivity index (χ1v) is 8.35. The molecule has 0 saturated heterocycles. The van der Waals surface area contributed by atoms with Gasteiger partial charge in [-0.2, -0.15) is 0 Å². The molecule has 0 bridgehead atoms. The summed E-state index contributed by atoms with van der Waals surface area (Å²) in [5.74, 6) is 1.32. The molecule has 0 atom stereocenters. The van der Waals surface area contributed by atoms with E-state index in [2.05, 4.69) is 0 Å². The molecule has 0 spiro atoms. The molecule has 2 aromatic heterocycles. The molecule has 0 amide bonds. The second-order valence-corrected chi connectivity index (χ2v) is 6.13. The zero-order valence-corrected chi connectivity index (χ0v) is 15.3. The van der Waals surface area contributed by atoms with Crippen LogP contribution in [0.5, 0.6) is 11.5 Å². The molecule has 3 aromatic rings. The zero-order valence-electron chi connectivity index (χ0n) is 15.3. The number of nitrogens with zero attached hydrogens (tertiary/aromatic N) is 3. The highest BCUT2D eigenvalue weighted by Gasteiger charge is 2.17. The largest absolute Gasteiger partial charge is 0.493 e. The normalized spacial score (nSPS) is 11.3. The number of nitrogen functional groups attached to an aromatic ring is 1. The number of nitrogens with two attached hydrogens (primary N) is 1. The van der Waals surface area contributed by atoms with Crippen molar-refractivity contribution in [2.75, 3.05) is 40.2 Å². The number of ether oxygens (including phenoxy) is 2. The Morgan fingerprint density at radius 3 is 2.62 bits per heavy atom. The fourth-order valence-corrected chi connectivity index (χ4v) is 2.98. The van der Waals surface area contributed by atoms with Crippen molar-refractivity contribution >= 4 is 11.3 Å². The van der Waals surface area contributed by atoms with Gasteiger partial charge in [0.2, 0.25) is 0 Å². The van der Waals surface area contributed by atoms with Crippen LogP contribution in [0.2, 0.25) is 0 Å². The molecule has 0 saturated carbocycles. The third-order valence-corrected chi connectivity index (χ3v) is 4.30. The quantitative estimate of drug-likeness (QED) is 0.674. The summed E-state index contributed by atoms with van der Waals surface area (Å²) in [6.45, 7) is 1.29. The van der Waals surface area contributed by atoms with Gasteiger partial charge in [-0.1, -0.05) is 0 Å². The van der Waals surface area contributed by atoms with Crippen LogP contribution in [0.25, 0.3) is 16.9 Å². The Labute approximate surface area is 152 Å². The lowest BCUT2D eigenvalue weighted by atomic mass is 10.1. The molecule has 1 aromatic carbocycles. The SMILES string of the molecule is COc1ccc(-c2nc3ccc(N)cn3c2CN(C)CCO)cc1OC. The van der Waals surface area contributed by atoms with Gasteiger partial charge in [0, 0.05) is 30.5 Å². The van der Waals surface area contributed by atoms with E-state index in [9.17, 15) is 5.11 Å². The van der Waals surface area contributed by atoms with E-state index in [1.165, 1.54) is 0 Å². The lowest BCUT2D eigenvalue weighted by Crippen LogP contribution is -2.22. The highest BCUT2D eigenvalue weighted by atomic mass is 16.5. The van der Waals surface area contributed by atoms with E-state index in [0.717, 1.165) is 22.6 Å². The Morgan fingerprint density at radius 2 is 1.92 bits per heavy atom. The van der Waals surface area contributed by atoms with Gasteiger partial charge in [0.15, 0.2) is 11.5 Å². The molecule has 3 rings (SSSR count). The second-order valence-electron chi connectivity index (χ2n) is 6.13. The number of aromatic nitrogens is 2. The Balaban J connectivity index is 2.15. The van der Waals surface area contributed by atoms with Gasteiger partial charge in [-0.3, -0.25) is 4.90 Å². The Morgan fingerprint density at radius 1 is 1.15 bits per heavy atom. The summed E-state index contributed by atoms with van der Waals surface area (Å²) in [7, 11) is 5.18. The lowest BCUT2D eigenvalue weighted by molar-refractivity contribution is 0.216. The maximum atomic E-state index is 9.22. The molecule has 138 valence electrons. The van der Waals surface area contributed by atoms with Crippen LogP contribution in [0, 0.1) is 0 Å². The first-order chi connectivity index (χ1) is 12.6. The molecule has 0 radical (unpaired) electrons. The number of likely N-dealkylation sites (N-methyl/N-ethyl adjacent to an activating group) is 1. The van der Waals surface area contributed by atoms with E-state index in [1.807, 2.05) is 52.9 Å². The van der Waals surface area contributed by atoms with E-state index in [0.29, 0.717) is 30.3 Å². The number of fused-ring (bicyclic) bond motifs is 1. The summed E-state index contributed by atoms with van der Waals surface area (Å²) < 4.78 is 12.7. The fraction of sp³-hybridized carbons (Fsp3) is 0.316. The highest BCUT2D eigenvalue weighted by molar-refractivity contribution is 5.70. The molecule has 7 nitrogen and oxygen atoms in total. The minimum absolute atomic E-state index is 0.0983. The van der Waals surface area contributed by atoms with E-state index < -0.39 is 0 Å². The molecule has 0 aliphatic carbocycles. The van der Waals surface area contributed by atoms with Crippen LogP contribution in [0.1, 0.15) is 5.69 Å². The minimum Gasteiger partial charge on any atom is -0.493 e. The Kier molecular flexibility index (Phi) is 5.29. The third-order valence-electron chi connectivity index (χ3n) is 4.30. The van der Waals surface area contributed by atoms with Gasteiger partial charge in [-0.25, -0.2) is 4.98 Å². The number of aliphatic hydroxyl groups excluding tert-OH is 1. The number of aliphatic hydroxyl groups is 1. The average molecular weight is 356 g/mol. The van der Waals surface area contributed by atoms with Crippen molar-refractivity contribution < 1.29 is 14.6 Å². The molecule has 0 aliphatic rings. The van der Waals surface area contributed by atoms with Crippen LogP contribution in [0.4, 0.5) is 5.69 Å². The molecule has 2 heterocycles. The van der Waals surface area contributed by atoms with Gasteiger partial charge in [0.25, 0.3) is 0 Å². The van der Waals surface area contributed by atoms with Crippen LogP contribution in [0.15, 0.2) is 36.5 Å². The summed E-state index contributed by atoms with van der Waals surface area (Å²) in [5.41, 5.74) is 10.2. The van der Waals surface area contributed by atoms with Crippen molar-refractivity contribution in [2.24, 2.45) is 0 Å². The van der Waals surface area contributed by atoms with E-state index >= 15 is 0 Å². The monoisotopic (exact) mass is 356 g/mol. The topological polar surface area (TPSA) is 85.2 Å². The molecule has 7 heteroatoms. The number of rotatable bonds is 7. The maximum absolute atomic E-state index is 9.22. The van der Waals surface area contributed by atoms with E-state index in [4.69, 9.17) is 20.2 Å². The number of anilines is 1. The van der Waals surface area contributed by atoms with Gasteiger partial charge >= 0.3 is 0 Å². The van der Waals surface area contributed by atoms with Gasteiger partial charge in [-0.15, -0.1) is 0 Å². The number of imidazole rings is 1. The van der Waals surface area contributed by atoms with Crippen molar-refractivity contribution in [3.63, 3.8) is 0 Å². The molecule has 0 aliphatic heterocycles. The van der Waals surface area contributed by atoms with Crippen molar-refractivity contribution in [1.29, 1.82) is 0 Å². The van der Waals surface area contributed by atoms with Crippen molar-refractivity contribution in [3.8, 4) is 22.8 Å². The predicted molar refractivity (Wildman–Crippen MR) is 102 cm³/mol. The standard InChI is InChI=1S/C19H24N4O3/c1-22(8-9-24)12-15-19(21-18-7-5-14(20)11-23(15)18)13-4-6-16(25-2)17(10-13)26-3/h4-7,10-11,24H,8-9,12,20H2,1-3H3. The zero-order chi connectivity index (χ0) is 18.7. The second kappa shape index (κ2) is 7.63. The molecular weight excluding hydrogens is 332 g/mol. The smallest absolute Gasteiger partial charge is 0.161 e.